The summed E-state index contributed by atoms with van der Waals surface area (Å²) >= 11 is 0. The molecule has 15 heavy (non-hydrogen) atoms. The Balaban J connectivity index is 3.05. The topological polar surface area (TPSA) is 83.6 Å². The highest BCUT2D eigenvalue weighted by Gasteiger charge is 2.16. The van der Waals surface area contributed by atoms with Crippen LogP contribution in [0.5, 0.6) is 5.75 Å². The zero-order valence-electron chi connectivity index (χ0n) is 8.82. The van der Waals surface area contributed by atoms with E-state index in [9.17, 15) is 9.90 Å². The number of aromatic hydroxyl groups is 1. The Morgan fingerprint density at radius 3 is 2.60 bits per heavy atom. The minimum Gasteiger partial charge on any atom is -0.507 e. The molecule has 82 valence electrons. The van der Waals surface area contributed by atoms with Crippen molar-refractivity contribution in [3.8, 4) is 5.75 Å². The average molecular weight is 209 g/mol. The number of aliphatic carboxylic acids is 1. The largest absolute Gasteiger partial charge is 0.507 e. The number of hydrogen-bond acceptors (Lipinski definition) is 3. The third-order valence-corrected chi connectivity index (χ3v) is 2.53. The first-order valence-corrected chi connectivity index (χ1v) is 4.70. The van der Waals surface area contributed by atoms with E-state index in [1.165, 1.54) is 0 Å². The van der Waals surface area contributed by atoms with Crippen molar-refractivity contribution in [2.24, 2.45) is 5.73 Å². The van der Waals surface area contributed by atoms with Crippen molar-refractivity contribution >= 4 is 5.97 Å². The maximum Gasteiger partial charge on any atom is 0.305 e. The lowest BCUT2D eigenvalue weighted by molar-refractivity contribution is -0.137. The van der Waals surface area contributed by atoms with E-state index < -0.39 is 12.0 Å². The van der Waals surface area contributed by atoms with Crippen LogP contribution in [0.25, 0.3) is 0 Å². The smallest absolute Gasteiger partial charge is 0.305 e. The predicted octanol–water partition coefficient (Wildman–Crippen LogP) is 1.48. The van der Waals surface area contributed by atoms with Gasteiger partial charge in [-0.3, -0.25) is 4.79 Å². The summed E-state index contributed by atoms with van der Waals surface area (Å²) in [5, 5.41) is 18.4. The van der Waals surface area contributed by atoms with Crippen LogP contribution >= 0.6 is 0 Å². The lowest BCUT2D eigenvalue weighted by atomic mass is 9.98. The summed E-state index contributed by atoms with van der Waals surface area (Å²) in [4.78, 5) is 10.5. The van der Waals surface area contributed by atoms with Gasteiger partial charge in [0.2, 0.25) is 0 Å². The van der Waals surface area contributed by atoms with Gasteiger partial charge in [0.05, 0.1) is 6.42 Å². The summed E-state index contributed by atoms with van der Waals surface area (Å²) in [6.07, 6.45) is -0.184. The molecule has 0 radical (unpaired) electrons. The molecule has 1 atom stereocenters. The Kier molecular flexibility index (Phi) is 3.31. The van der Waals surface area contributed by atoms with Crippen LogP contribution in [0, 0.1) is 13.8 Å². The van der Waals surface area contributed by atoms with Crippen molar-refractivity contribution in [1.82, 2.24) is 0 Å². The van der Waals surface area contributed by atoms with E-state index in [2.05, 4.69) is 0 Å². The SMILES string of the molecule is Cc1ccc(C(N)CC(=O)O)c(O)c1C. The Morgan fingerprint density at radius 1 is 1.47 bits per heavy atom. The summed E-state index contributed by atoms with van der Waals surface area (Å²) in [6, 6.07) is 2.83. The number of hydrogen-bond donors (Lipinski definition) is 3. The summed E-state index contributed by atoms with van der Waals surface area (Å²) in [5.41, 5.74) is 7.86. The number of carboxylic acid groups (broad SMARTS) is 1. The van der Waals surface area contributed by atoms with E-state index in [4.69, 9.17) is 10.8 Å². The van der Waals surface area contributed by atoms with E-state index in [1.807, 2.05) is 13.0 Å². The van der Waals surface area contributed by atoms with Gasteiger partial charge in [-0.05, 0) is 25.0 Å². The van der Waals surface area contributed by atoms with Crippen molar-refractivity contribution in [3.05, 3.63) is 28.8 Å². The molecule has 0 saturated carbocycles. The second-order valence-corrected chi connectivity index (χ2v) is 3.65. The number of phenolic OH excluding ortho intramolecular Hbond substituents is 1. The molecule has 4 heteroatoms. The Bertz CT molecular complexity index is 388. The van der Waals surface area contributed by atoms with Gasteiger partial charge in [0, 0.05) is 11.6 Å². The Labute approximate surface area is 88.3 Å². The highest BCUT2D eigenvalue weighted by Crippen LogP contribution is 2.29. The third-order valence-electron chi connectivity index (χ3n) is 2.53. The van der Waals surface area contributed by atoms with Gasteiger partial charge in [0.15, 0.2) is 0 Å². The van der Waals surface area contributed by atoms with Crippen molar-refractivity contribution in [2.75, 3.05) is 0 Å². The van der Waals surface area contributed by atoms with E-state index in [0.29, 0.717) is 5.56 Å². The number of aryl methyl sites for hydroxylation is 1. The molecule has 1 aromatic rings. The fourth-order valence-corrected chi connectivity index (χ4v) is 1.42. The average Bonchev–Trinajstić information content (AvgIpc) is 2.13. The zero-order valence-corrected chi connectivity index (χ0v) is 8.82. The van der Waals surface area contributed by atoms with Gasteiger partial charge in [-0.25, -0.2) is 0 Å². The van der Waals surface area contributed by atoms with Crippen LogP contribution in [0.4, 0.5) is 0 Å². The van der Waals surface area contributed by atoms with Crippen molar-refractivity contribution in [2.45, 2.75) is 26.3 Å². The summed E-state index contributed by atoms with van der Waals surface area (Å²) < 4.78 is 0. The molecule has 0 amide bonds. The van der Waals surface area contributed by atoms with Crippen LogP contribution in [0.2, 0.25) is 0 Å². The monoisotopic (exact) mass is 209 g/mol. The highest BCUT2D eigenvalue weighted by molar-refractivity contribution is 5.68. The molecule has 4 nitrogen and oxygen atoms in total. The maximum atomic E-state index is 10.5. The van der Waals surface area contributed by atoms with Gasteiger partial charge in [0.25, 0.3) is 0 Å². The van der Waals surface area contributed by atoms with Gasteiger partial charge in [-0.15, -0.1) is 0 Å². The molecule has 1 aromatic carbocycles. The normalized spacial score (nSPS) is 12.5. The number of rotatable bonds is 3. The molecule has 0 fully saturated rings. The van der Waals surface area contributed by atoms with E-state index in [-0.39, 0.29) is 12.2 Å². The Morgan fingerprint density at radius 2 is 2.07 bits per heavy atom. The standard InChI is InChI=1S/C11H15NO3/c1-6-3-4-8(11(15)7(6)2)9(12)5-10(13)14/h3-4,9,15H,5,12H2,1-2H3,(H,13,14). The fraction of sp³-hybridized carbons (Fsp3) is 0.364. The first kappa shape index (κ1) is 11.5. The molecular formula is C11H15NO3. The molecule has 1 rings (SSSR count). The van der Waals surface area contributed by atoms with Crippen molar-refractivity contribution in [3.63, 3.8) is 0 Å². The summed E-state index contributed by atoms with van der Waals surface area (Å²) in [6.45, 7) is 3.66. The third kappa shape index (κ3) is 2.47. The van der Waals surface area contributed by atoms with Crippen LogP contribution in [0.1, 0.15) is 29.2 Å². The molecule has 4 N–H and O–H groups in total. The molecular weight excluding hydrogens is 194 g/mol. The summed E-state index contributed by atoms with van der Waals surface area (Å²) in [5.74, 6) is -0.871. The number of phenols is 1. The van der Waals surface area contributed by atoms with E-state index in [0.717, 1.165) is 11.1 Å². The van der Waals surface area contributed by atoms with Gasteiger partial charge >= 0.3 is 5.97 Å². The van der Waals surface area contributed by atoms with Crippen molar-refractivity contribution in [1.29, 1.82) is 0 Å². The number of carboxylic acids is 1. The van der Waals surface area contributed by atoms with Crippen molar-refractivity contribution < 1.29 is 15.0 Å². The second-order valence-electron chi connectivity index (χ2n) is 3.65. The maximum absolute atomic E-state index is 10.5. The van der Waals surface area contributed by atoms with Gasteiger partial charge in [0.1, 0.15) is 5.75 Å². The summed E-state index contributed by atoms with van der Waals surface area (Å²) in [7, 11) is 0. The number of benzene rings is 1. The van der Waals surface area contributed by atoms with Crippen LogP contribution in [0.3, 0.4) is 0 Å². The second kappa shape index (κ2) is 4.31. The molecule has 0 aliphatic rings. The number of nitrogens with two attached hydrogens (primary N) is 1. The van der Waals surface area contributed by atoms with Gasteiger partial charge in [-0.1, -0.05) is 12.1 Å². The van der Waals surface area contributed by atoms with E-state index in [1.54, 1.807) is 13.0 Å². The molecule has 0 heterocycles. The van der Waals surface area contributed by atoms with Crippen LogP contribution in [0.15, 0.2) is 12.1 Å². The minimum atomic E-state index is -0.972. The lowest BCUT2D eigenvalue weighted by Gasteiger charge is -2.14. The fourth-order valence-electron chi connectivity index (χ4n) is 1.42. The molecule has 1 unspecified atom stereocenters. The van der Waals surface area contributed by atoms with Crippen LogP contribution < -0.4 is 5.73 Å². The molecule has 0 bridgehead atoms. The first-order chi connectivity index (χ1) is 6.93. The van der Waals surface area contributed by atoms with E-state index >= 15 is 0 Å². The van der Waals surface area contributed by atoms with Gasteiger partial charge in [-0.2, -0.15) is 0 Å². The zero-order chi connectivity index (χ0) is 11.6. The molecule has 0 spiro atoms. The molecule has 0 aromatic heterocycles. The predicted molar refractivity (Wildman–Crippen MR) is 56.8 cm³/mol. The Hall–Kier alpha value is -1.55. The minimum absolute atomic E-state index is 0.101. The lowest BCUT2D eigenvalue weighted by Crippen LogP contribution is -2.15. The quantitative estimate of drug-likeness (QED) is 0.704. The molecule has 0 aliphatic heterocycles. The molecule has 0 saturated heterocycles. The number of carbonyl (C=O) groups is 1. The van der Waals surface area contributed by atoms with Crippen LogP contribution in [-0.4, -0.2) is 16.2 Å². The van der Waals surface area contributed by atoms with Gasteiger partial charge < -0.3 is 15.9 Å². The highest BCUT2D eigenvalue weighted by atomic mass is 16.4. The first-order valence-electron chi connectivity index (χ1n) is 4.70. The molecule has 0 aliphatic carbocycles. The van der Waals surface area contributed by atoms with Crippen LogP contribution in [-0.2, 0) is 4.79 Å².